The monoisotopic (exact) mass is 210 g/mol. The summed E-state index contributed by atoms with van der Waals surface area (Å²) >= 11 is 6.17. The number of halogens is 1. The number of rotatable bonds is 1. The van der Waals surface area contributed by atoms with Crippen LogP contribution in [-0.4, -0.2) is 15.2 Å². The van der Waals surface area contributed by atoms with Gasteiger partial charge in [-0.05, 0) is 24.8 Å². The Morgan fingerprint density at radius 2 is 2.36 bits per heavy atom. The molecule has 1 aliphatic carbocycles. The molecule has 0 fully saturated rings. The first-order valence-electron chi connectivity index (χ1n) is 5.09. The van der Waals surface area contributed by atoms with E-state index in [1.807, 2.05) is 17.9 Å². The predicted octanol–water partition coefficient (Wildman–Crippen LogP) is 2.98. The van der Waals surface area contributed by atoms with E-state index in [9.17, 15) is 0 Å². The van der Waals surface area contributed by atoms with E-state index in [0.29, 0.717) is 0 Å². The zero-order valence-electron chi connectivity index (χ0n) is 8.41. The van der Waals surface area contributed by atoms with Crippen LogP contribution in [0.4, 0.5) is 0 Å². The molecule has 1 aliphatic rings. The Labute approximate surface area is 89.6 Å². The smallest absolute Gasteiger partial charge is 0.0564 e. The summed E-state index contributed by atoms with van der Waals surface area (Å²) in [6.45, 7) is 0. The second-order valence-corrected chi connectivity index (χ2v) is 4.42. The van der Waals surface area contributed by atoms with Crippen molar-refractivity contribution in [2.75, 3.05) is 0 Å². The van der Waals surface area contributed by atoms with Gasteiger partial charge in [0.1, 0.15) is 0 Å². The Morgan fingerprint density at radius 3 is 3.07 bits per heavy atom. The fourth-order valence-corrected chi connectivity index (χ4v) is 2.17. The summed E-state index contributed by atoms with van der Waals surface area (Å²) in [5, 5.41) is 4.38. The molecule has 3 heteroatoms. The molecular formula is C11H15ClN2. The Bertz CT molecular complexity index is 341. The van der Waals surface area contributed by atoms with Gasteiger partial charge in [-0.2, -0.15) is 5.10 Å². The highest BCUT2D eigenvalue weighted by molar-refractivity contribution is 6.22. The molecule has 2 nitrogen and oxygen atoms in total. The van der Waals surface area contributed by atoms with Gasteiger partial charge in [0.15, 0.2) is 0 Å². The van der Waals surface area contributed by atoms with Gasteiger partial charge >= 0.3 is 0 Å². The number of aromatic nitrogens is 2. The molecule has 76 valence electrons. The van der Waals surface area contributed by atoms with E-state index < -0.39 is 0 Å². The molecule has 0 aliphatic heterocycles. The number of hydrogen-bond acceptors (Lipinski definition) is 1. The van der Waals surface area contributed by atoms with Crippen molar-refractivity contribution in [2.45, 2.75) is 31.1 Å². The molecule has 0 saturated carbocycles. The third-order valence-electron chi connectivity index (χ3n) is 2.63. The number of hydrogen-bond donors (Lipinski definition) is 0. The lowest BCUT2D eigenvalue weighted by Gasteiger charge is -2.01. The second-order valence-electron chi connectivity index (χ2n) is 3.86. The van der Waals surface area contributed by atoms with Crippen LogP contribution in [0, 0.1) is 0 Å². The first-order valence-corrected chi connectivity index (χ1v) is 5.53. The van der Waals surface area contributed by atoms with Gasteiger partial charge in [-0.3, -0.25) is 4.68 Å². The van der Waals surface area contributed by atoms with Crippen LogP contribution in [0.15, 0.2) is 18.5 Å². The van der Waals surface area contributed by atoms with Crippen molar-refractivity contribution in [1.29, 1.82) is 0 Å². The van der Waals surface area contributed by atoms with Gasteiger partial charge in [-0.25, -0.2) is 0 Å². The van der Waals surface area contributed by atoms with E-state index in [1.54, 1.807) is 0 Å². The lowest BCUT2D eigenvalue weighted by atomic mass is 10.1. The van der Waals surface area contributed by atoms with Crippen molar-refractivity contribution >= 4 is 17.2 Å². The van der Waals surface area contributed by atoms with Crippen LogP contribution in [0.2, 0.25) is 0 Å². The molecule has 1 aromatic heterocycles. The summed E-state index contributed by atoms with van der Waals surface area (Å²) in [4.78, 5) is 0. The molecule has 0 saturated heterocycles. The average molecular weight is 211 g/mol. The summed E-state index contributed by atoms with van der Waals surface area (Å²) < 4.78 is 1.84. The van der Waals surface area contributed by atoms with E-state index >= 15 is 0 Å². The number of alkyl halides is 1. The van der Waals surface area contributed by atoms with Crippen molar-refractivity contribution in [3.8, 4) is 0 Å². The van der Waals surface area contributed by atoms with Crippen LogP contribution in [0.1, 0.15) is 31.2 Å². The van der Waals surface area contributed by atoms with Crippen molar-refractivity contribution < 1.29 is 0 Å². The van der Waals surface area contributed by atoms with Crippen LogP contribution < -0.4 is 0 Å². The molecular weight excluding hydrogens is 196 g/mol. The SMILES string of the molecule is Cn1cc(C2=CC(Cl)CCCC2)cn1. The molecule has 0 spiro atoms. The van der Waals surface area contributed by atoms with E-state index in [1.165, 1.54) is 24.0 Å². The van der Waals surface area contributed by atoms with Crippen molar-refractivity contribution in [3.05, 3.63) is 24.0 Å². The Morgan fingerprint density at radius 1 is 1.50 bits per heavy atom. The summed E-state index contributed by atoms with van der Waals surface area (Å²) in [7, 11) is 1.94. The van der Waals surface area contributed by atoms with Gasteiger partial charge in [0.25, 0.3) is 0 Å². The second kappa shape index (κ2) is 4.18. The van der Waals surface area contributed by atoms with Crippen LogP contribution in [0.25, 0.3) is 5.57 Å². The maximum atomic E-state index is 6.17. The van der Waals surface area contributed by atoms with Gasteiger partial charge < -0.3 is 0 Å². The highest BCUT2D eigenvalue weighted by Crippen LogP contribution is 2.27. The van der Waals surface area contributed by atoms with Gasteiger partial charge in [-0.15, -0.1) is 11.6 Å². The van der Waals surface area contributed by atoms with E-state index in [4.69, 9.17) is 11.6 Å². The summed E-state index contributed by atoms with van der Waals surface area (Å²) in [6, 6.07) is 0. The molecule has 0 aromatic carbocycles. The van der Waals surface area contributed by atoms with Crippen LogP contribution in [0.5, 0.6) is 0 Å². The molecule has 0 bridgehead atoms. The molecule has 1 aromatic rings. The first-order chi connectivity index (χ1) is 6.75. The highest BCUT2D eigenvalue weighted by Gasteiger charge is 2.11. The van der Waals surface area contributed by atoms with Crippen molar-refractivity contribution in [3.63, 3.8) is 0 Å². The standard InChI is InChI=1S/C11H15ClN2/c1-14-8-10(7-13-14)9-4-2-3-5-11(12)6-9/h6-8,11H,2-5H2,1H3. The van der Waals surface area contributed by atoms with Crippen molar-refractivity contribution in [1.82, 2.24) is 9.78 Å². The quantitative estimate of drug-likeness (QED) is 0.652. The van der Waals surface area contributed by atoms with Gasteiger partial charge in [0.05, 0.1) is 11.6 Å². The molecule has 1 heterocycles. The van der Waals surface area contributed by atoms with Gasteiger partial charge in [0.2, 0.25) is 0 Å². The summed E-state index contributed by atoms with van der Waals surface area (Å²) in [5.41, 5.74) is 2.58. The van der Waals surface area contributed by atoms with E-state index in [2.05, 4.69) is 17.4 Å². The molecule has 2 rings (SSSR count). The van der Waals surface area contributed by atoms with Crippen LogP contribution in [0.3, 0.4) is 0 Å². The molecule has 1 atom stereocenters. The van der Waals surface area contributed by atoms with Gasteiger partial charge in [-0.1, -0.05) is 12.5 Å². The van der Waals surface area contributed by atoms with E-state index in [0.717, 1.165) is 12.8 Å². The molecule has 0 radical (unpaired) electrons. The maximum absolute atomic E-state index is 6.17. The first kappa shape index (κ1) is 9.78. The minimum atomic E-state index is 0.202. The average Bonchev–Trinajstić information content (AvgIpc) is 2.45. The maximum Gasteiger partial charge on any atom is 0.0564 e. The predicted molar refractivity (Wildman–Crippen MR) is 59.3 cm³/mol. The number of aryl methyl sites for hydroxylation is 1. The van der Waals surface area contributed by atoms with Gasteiger partial charge in [0, 0.05) is 18.8 Å². The lowest BCUT2D eigenvalue weighted by molar-refractivity contribution is 0.724. The molecule has 0 amide bonds. The van der Waals surface area contributed by atoms with Crippen LogP contribution >= 0.6 is 11.6 Å². The Hall–Kier alpha value is -0.760. The van der Waals surface area contributed by atoms with E-state index in [-0.39, 0.29) is 5.38 Å². The lowest BCUT2D eigenvalue weighted by Crippen LogP contribution is -1.91. The fraction of sp³-hybridized carbons (Fsp3) is 0.545. The zero-order valence-corrected chi connectivity index (χ0v) is 9.17. The largest absolute Gasteiger partial charge is 0.275 e. The third-order valence-corrected chi connectivity index (χ3v) is 2.98. The van der Waals surface area contributed by atoms with Crippen molar-refractivity contribution in [2.24, 2.45) is 7.05 Å². The molecule has 0 N–H and O–H groups in total. The highest BCUT2D eigenvalue weighted by atomic mass is 35.5. The number of allylic oxidation sites excluding steroid dienone is 2. The van der Waals surface area contributed by atoms with Crippen LogP contribution in [-0.2, 0) is 7.05 Å². The third kappa shape index (κ3) is 2.18. The topological polar surface area (TPSA) is 17.8 Å². The minimum Gasteiger partial charge on any atom is -0.275 e. The summed E-state index contributed by atoms with van der Waals surface area (Å²) in [5.74, 6) is 0. The minimum absolute atomic E-state index is 0.202. The Balaban J connectivity index is 2.23. The Kier molecular flexibility index (Phi) is 2.92. The normalized spacial score (nSPS) is 23.0. The molecule has 14 heavy (non-hydrogen) atoms. The zero-order chi connectivity index (χ0) is 9.97. The summed E-state index contributed by atoms with van der Waals surface area (Å²) in [6.07, 6.45) is 10.9. The number of nitrogens with zero attached hydrogens (tertiary/aromatic N) is 2. The molecule has 1 unspecified atom stereocenters. The fourth-order valence-electron chi connectivity index (χ4n) is 1.87.